The van der Waals surface area contributed by atoms with E-state index in [9.17, 15) is 33.9 Å². The number of carbonyl (C=O) groups excluding carboxylic acids is 4. The third kappa shape index (κ3) is 10.2. The lowest BCUT2D eigenvalue weighted by molar-refractivity contribution is -0.143. The molecule has 5 unspecified atom stereocenters. The first-order valence-corrected chi connectivity index (χ1v) is 9.84. The summed E-state index contributed by atoms with van der Waals surface area (Å²) in [6.07, 6.45) is -1.23. The van der Waals surface area contributed by atoms with Crippen LogP contribution in [0, 0.1) is 5.92 Å². The Morgan fingerprint density at radius 1 is 0.906 bits per heavy atom. The van der Waals surface area contributed by atoms with E-state index in [1.807, 2.05) is 0 Å². The van der Waals surface area contributed by atoms with Crippen molar-refractivity contribution >= 4 is 35.6 Å². The van der Waals surface area contributed by atoms with Gasteiger partial charge in [0.15, 0.2) is 0 Å². The molecule has 182 valence electrons. The van der Waals surface area contributed by atoms with Gasteiger partial charge in [-0.1, -0.05) is 20.3 Å². The van der Waals surface area contributed by atoms with Gasteiger partial charge in [0.05, 0.1) is 13.0 Å². The molecule has 0 heterocycles. The van der Waals surface area contributed by atoms with Gasteiger partial charge in [0.1, 0.15) is 24.2 Å². The molecule has 0 radical (unpaired) electrons. The molecular formula is C18H31N5O9. The number of aliphatic hydroxyl groups excluding tert-OH is 1. The highest BCUT2D eigenvalue weighted by Gasteiger charge is 2.33. The van der Waals surface area contributed by atoms with Gasteiger partial charge in [0.2, 0.25) is 23.6 Å². The highest BCUT2D eigenvalue weighted by atomic mass is 16.4. The van der Waals surface area contributed by atoms with Crippen LogP contribution in [0.2, 0.25) is 0 Å². The molecule has 10 N–H and O–H groups in total. The zero-order valence-electron chi connectivity index (χ0n) is 17.9. The average Bonchev–Trinajstić information content (AvgIpc) is 2.71. The Kier molecular flexibility index (Phi) is 12.5. The van der Waals surface area contributed by atoms with Crippen LogP contribution in [-0.2, 0) is 28.8 Å². The van der Waals surface area contributed by atoms with Crippen LogP contribution < -0.4 is 27.4 Å². The molecule has 14 nitrogen and oxygen atoms in total. The summed E-state index contributed by atoms with van der Waals surface area (Å²) in [5.74, 6) is -6.96. The van der Waals surface area contributed by atoms with Gasteiger partial charge in [-0.2, -0.15) is 0 Å². The summed E-state index contributed by atoms with van der Waals surface area (Å²) in [5.41, 5.74) is 10.6. The lowest BCUT2D eigenvalue weighted by Crippen LogP contribution is -2.59. The molecule has 0 saturated heterocycles. The summed E-state index contributed by atoms with van der Waals surface area (Å²) in [6.45, 7) is 2.70. The normalized spacial score (nSPS) is 15.4. The number of hydrogen-bond donors (Lipinski definition) is 8. The number of aliphatic hydroxyl groups is 1. The predicted octanol–water partition coefficient (Wildman–Crippen LogP) is -3.37. The summed E-state index contributed by atoms with van der Waals surface area (Å²) in [6, 6.07) is -5.64. The van der Waals surface area contributed by atoms with E-state index in [0.717, 1.165) is 0 Å². The van der Waals surface area contributed by atoms with E-state index in [1.54, 1.807) is 13.8 Å². The van der Waals surface area contributed by atoms with Crippen molar-refractivity contribution in [3.05, 3.63) is 0 Å². The maximum absolute atomic E-state index is 12.8. The van der Waals surface area contributed by atoms with Crippen molar-refractivity contribution in [2.24, 2.45) is 17.4 Å². The molecule has 0 aromatic heterocycles. The van der Waals surface area contributed by atoms with Gasteiger partial charge >= 0.3 is 11.9 Å². The zero-order chi connectivity index (χ0) is 25.0. The summed E-state index contributed by atoms with van der Waals surface area (Å²) in [4.78, 5) is 70.7. The van der Waals surface area contributed by atoms with Crippen molar-refractivity contribution in [2.75, 3.05) is 6.61 Å². The summed E-state index contributed by atoms with van der Waals surface area (Å²) >= 11 is 0. The van der Waals surface area contributed by atoms with E-state index in [0.29, 0.717) is 6.42 Å². The van der Waals surface area contributed by atoms with Crippen LogP contribution in [-0.4, -0.2) is 81.7 Å². The highest BCUT2D eigenvalue weighted by Crippen LogP contribution is 2.09. The molecule has 0 spiro atoms. The van der Waals surface area contributed by atoms with Crippen LogP contribution in [0.15, 0.2) is 0 Å². The van der Waals surface area contributed by atoms with Crippen LogP contribution in [0.3, 0.4) is 0 Å². The van der Waals surface area contributed by atoms with E-state index < -0.39 is 91.5 Å². The quantitative estimate of drug-likeness (QED) is 0.120. The molecule has 0 saturated carbocycles. The fraction of sp³-hybridized carbons (Fsp3) is 0.667. The maximum Gasteiger partial charge on any atom is 0.326 e. The SMILES string of the molecule is CCC(C)C(NC(=O)C(N)CO)C(=O)NC(CC(N)=O)C(=O)NC(CCC(=O)O)C(=O)O. The number of nitrogens with one attached hydrogen (secondary N) is 3. The first kappa shape index (κ1) is 28.7. The molecule has 0 aromatic rings. The Morgan fingerprint density at radius 3 is 1.91 bits per heavy atom. The van der Waals surface area contributed by atoms with Crippen LogP contribution in [0.25, 0.3) is 0 Å². The van der Waals surface area contributed by atoms with Crippen molar-refractivity contribution < 1.29 is 44.1 Å². The molecule has 0 rings (SSSR count). The number of aliphatic carboxylic acids is 2. The summed E-state index contributed by atoms with van der Waals surface area (Å²) < 4.78 is 0. The van der Waals surface area contributed by atoms with Crippen LogP contribution in [0.5, 0.6) is 0 Å². The third-order valence-electron chi connectivity index (χ3n) is 4.63. The number of rotatable bonds is 15. The minimum atomic E-state index is -1.58. The smallest absolute Gasteiger partial charge is 0.326 e. The monoisotopic (exact) mass is 461 g/mol. The standard InChI is InChI=1S/C18H31N5O9/c1-3-8(2)14(23-15(28)9(19)7-24)17(30)22-11(6-12(20)25)16(29)21-10(18(31)32)4-5-13(26)27/h8-11,14,24H,3-7,19H2,1-2H3,(H2,20,25)(H,21,29)(H,22,30)(H,23,28)(H,26,27)(H,31,32). The predicted molar refractivity (Wildman–Crippen MR) is 109 cm³/mol. The fourth-order valence-corrected chi connectivity index (χ4v) is 2.51. The average molecular weight is 461 g/mol. The van der Waals surface area contributed by atoms with Gasteiger partial charge in [0.25, 0.3) is 0 Å². The number of carboxylic acid groups (broad SMARTS) is 2. The largest absolute Gasteiger partial charge is 0.481 e. The Morgan fingerprint density at radius 2 is 1.47 bits per heavy atom. The van der Waals surface area contributed by atoms with E-state index in [2.05, 4.69) is 16.0 Å². The Bertz CT molecular complexity index is 715. The first-order chi connectivity index (χ1) is 14.8. The van der Waals surface area contributed by atoms with Gasteiger partial charge in [-0.25, -0.2) is 4.79 Å². The molecule has 32 heavy (non-hydrogen) atoms. The number of primary amides is 1. The minimum Gasteiger partial charge on any atom is -0.481 e. The highest BCUT2D eigenvalue weighted by molar-refractivity contribution is 5.96. The minimum absolute atomic E-state index is 0.426. The molecule has 4 amide bonds. The summed E-state index contributed by atoms with van der Waals surface area (Å²) in [5, 5.41) is 33.6. The molecule has 14 heteroatoms. The van der Waals surface area contributed by atoms with Crippen molar-refractivity contribution in [1.29, 1.82) is 0 Å². The molecule has 5 atom stereocenters. The second-order valence-corrected chi connectivity index (χ2v) is 7.22. The Labute approximate surface area is 184 Å². The molecular weight excluding hydrogens is 430 g/mol. The van der Waals surface area contributed by atoms with Gasteiger partial charge < -0.3 is 42.7 Å². The van der Waals surface area contributed by atoms with Gasteiger partial charge in [-0.3, -0.25) is 24.0 Å². The third-order valence-corrected chi connectivity index (χ3v) is 4.63. The molecule has 0 aliphatic rings. The molecule has 0 bridgehead atoms. The number of amides is 4. The second-order valence-electron chi connectivity index (χ2n) is 7.22. The zero-order valence-corrected chi connectivity index (χ0v) is 17.9. The van der Waals surface area contributed by atoms with Crippen molar-refractivity contribution in [1.82, 2.24) is 16.0 Å². The molecule has 0 aliphatic heterocycles. The lowest BCUT2D eigenvalue weighted by Gasteiger charge is -2.27. The van der Waals surface area contributed by atoms with E-state index in [4.69, 9.17) is 21.7 Å². The topological polar surface area (TPSA) is 251 Å². The number of nitrogens with two attached hydrogens (primary N) is 2. The van der Waals surface area contributed by atoms with Gasteiger partial charge in [-0.15, -0.1) is 0 Å². The van der Waals surface area contributed by atoms with E-state index in [-0.39, 0.29) is 0 Å². The van der Waals surface area contributed by atoms with Gasteiger partial charge in [-0.05, 0) is 12.3 Å². The van der Waals surface area contributed by atoms with Crippen LogP contribution in [0.4, 0.5) is 0 Å². The fourth-order valence-electron chi connectivity index (χ4n) is 2.51. The molecule has 0 aromatic carbocycles. The maximum atomic E-state index is 12.8. The number of carboxylic acids is 2. The van der Waals surface area contributed by atoms with Gasteiger partial charge in [0, 0.05) is 6.42 Å². The number of carbonyl (C=O) groups is 6. The lowest BCUT2D eigenvalue weighted by atomic mass is 9.97. The van der Waals surface area contributed by atoms with E-state index in [1.165, 1.54) is 0 Å². The first-order valence-electron chi connectivity index (χ1n) is 9.84. The van der Waals surface area contributed by atoms with Crippen molar-refractivity contribution in [3.8, 4) is 0 Å². The second kappa shape index (κ2) is 13.9. The summed E-state index contributed by atoms with van der Waals surface area (Å²) in [7, 11) is 0. The van der Waals surface area contributed by atoms with Crippen molar-refractivity contribution in [3.63, 3.8) is 0 Å². The van der Waals surface area contributed by atoms with Crippen LogP contribution in [0.1, 0.15) is 39.5 Å². The van der Waals surface area contributed by atoms with Crippen LogP contribution >= 0.6 is 0 Å². The molecule has 0 aliphatic carbocycles. The Balaban J connectivity index is 5.54. The molecule has 0 fully saturated rings. The van der Waals surface area contributed by atoms with E-state index >= 15 is 0 Å². The Hall–Kier alpha value is -3.26. The number of hydrogen-bond acceptors (Lipinski definition) is 8. The van der Waals surface area contributed by atoms with Crippen molar-refractivity contribution in [2.45, 2.75) is 63.7 Å².